The number of benzene rings is 2. The molecule has 6 nitrogen and oxygen atoms in total. The first-order valence-electron chi connectivity index (χ1n) is 10.2. The van der Waals surface area contributed by atoms with Gasteiger partial charge in [-0.15, -0.1) is 0 Å². The molecular weight excluding hydrogens is 444 g/mol. The molecule has 1 aliphatic rings. The van der Waals surface area contributed by atoms with Crippen LogP contribution in [0.4, 0.5) is 5.69 Å². The summed E-state index contributed by atoms with van der Waals surface area (Å²) in [5.74, 6) is 1.03. The van der Waals surface area contributed by atoms with Crippen LogP contribution in [0, 0.1) is 0 Å². The molecule has 0 bridgehead atoms. The normalized spacial score (nSPS) is 15.2. The Hall–Kier alpha value is -2.67. The van der Waals surface area contributed by atoms with Crippen molar-refractivity contribution in [1.82, 2.24) is 9.66 Å². The second-order valence-electron chi connectivity index (χ2n) is 7.97. The lowest BCUT2D eigenvalue weighted by Gasteiger charge is -2.22. The highest BCUT2D eigenvalue weighted by Crippen LogP contribution is 2.32. The van der Waals surface area contributed by atoms with Gasteiger partial charge in [-0.1, -0.05) is 35.2 Å². The van der Waals surface area contributed by atoms with Crippen LogP contribution >= 0.6 is 15.9 Å². The number of halogens is 1. The summed E-state index contributed by atoms with van der Waals surface area (Å²) in [4.78, 5) is 20.1. The van der Waals surface area contributed by atoms with Crippen molar-refractivity contribution in [3.8, 4) is 5.75 Å². The van der Waals surface area contributed by atoms with Crippen molar-refractivity contribution >= 4 is 38.7 Å². The molecular formula is C23H25BrN4O2. The molecule has 3 aromatic rings. The lowest BCUT2D eigenvalue weighted by Crippen LogP contribution is -2.25. The van der Waals surface area contributed by atoms with Crippen LogP contribution in [0.5, 0.6) is 5.75 Å². The third-order valence-electron chi connectivity index (χ3n) is 5.65. The van der Waals surface area contributed by atoms with E-state index < -0.39 is 0 Å². The Morgan fingerprint density at radius 1 is 1.17 bits per heavy atom. The molecule has 1 aromatic heterocycles. The first-order chi connectivity index (χ1) is 14.4. The Morgan fingerprint density at radius 3 is 2.63 bits per heavy atom. The molecule has 0 aliphatic heterocycles. The molecule has 0 radical (unpaired) electrons. The summed E-state index contributed by atoms with van der Waals surface area (Å²) >= 11 is 3.44. The minimum atomic E-state index is -0.192. The average Bonchev–Trinajstić information content (AvgIpc) is 2.74. The van der Waals surface area contributed by atoms with Gasteiger partial charge in [0.15, 0.2) is 0 Å². The zero-order chi connectivity index (χ0) is 21.3. The zero-order valence-electron chi connectivity index (χ0n) is 17.2. The maximum atomic E-state index is 13.3. The van der Waals surface area contributed by atoms with Gasteiger partial charge in [0.2, 0.25) is 0 Å². The van der Waals surface area contributed by atoms with Crippen LogP contribution in [0.3, 0.4) is 0 Å². The summed E-state index contributed by atoms with van der Waals surface area (Å²) in [5, 5.41) is 15.4. The molecule has 4 rings (SSSR count). The summed E-state index contributed by atoms with van der Waals surface area (Å²) in [6.45, 7) is 0. The number of hydrogen-bond acceptors (Lipinski definition) is 5. The van der Waals surface area contributed by atoms with Crippen molar-refractivity contribution in [1.29, 1.82) is 0 Å². The minimum absolute atomic E-state index is 0.119. The number of rotatable bonds is 4. The highest BCUT2D eigenvalue weighted by atomic mass is 79.9. The smallest absolute Gasteiger partial charge is 0.282 e. The van der Waals surface area contributed by atoms with E-state index in [0.29, 0.717) is 22.3 Å². The lowest BCUT2D eigenvalue weighted by atomic mass is 9.88. The van der Waals surface area contributed by atoms with Gasteiger partial charge in [-0.05, 0) is 43.2 Å². The molecule has 0 saturated heterocycles. The number of aromatic hydroxyl groups is 1. The first-order valence-corrected chi connectivity index (χ1v) is 11.0. The summed E-state index contributed by atoms with van der Waals surface area (Å²) in [6, 6.07) is 10.9. The molecule has 1 saturated carbocycles. The summed E-state index contributed by atoms with van der Waals surface area (Å²) < 4.78 is 2.25. The van der Waals surface area contributed by atoms with Gasteiger partial charge in [-0.3, -0.25) is 4.79 Å². The number of hydrogen-bond donors (Lipinski definition) is 1. The largest absolute Gasteiger partial charge is 0.507 e. The molecule has 2 aromatic carbocycles. The van der Waals surface area contributed by atoms with E-state index in [1.807, 2.05) is 37.2 Å². The second-order valence-corrected chi connectivity index (χ2v) is 8.88. The monoisotopic (exact) mass is 468 g/mol. The van der Waals surface area contributed by atoms with Crippen LogP contribution in [0.2, 0.25) is 0 Å². The number of anilines is 1. The van der Waals surface area contributed by atoms with E-state index in [1.165, 1.54) is 17.3 Å². The fraction of sp³-hybridized carbons (Fsp3) is 0.348. The van der Waals surface area contributed by atoms with E-state index in [1.54, 1.807) is 18.2 Å². The number of phenols is 1. The molecule has 0 amide bonds. The molecule has 1 fully saturated rings. The van der Waals surface area contributed by atoms with Crippen LogP contribution in [-0.2, 0) is 0 Å². The Kier molecular flexibility index (Phi) is 5.90. The first kappa shape index (κ1) is 20.6. The minimum Gasteiger partial charge on any atom is -0.507 e. The average molecular weight is 469 g/mol. The number of fused-ring (bicyclic) bond motifs is 1. The van der Waals surface area contributed by atoms with E-state index in [-0.39, 0.29) is 17.2 Å². The Balaban J connectivity index is 1.82. The molecule has 1 aliphatic carbocycles. The molecule has 30 heavy (non-hydrogen) atoms. The van der Waals surface area contributed by atoms with Gasteiger partial charge in [0.25, 0.3) is 5.56 Å². The van der Waals surface area contributed by atoms with E-state index in [9.17, 15) is 9.90 Å². The van der Waals surface area contributed by atoms with Gasteiger partial charge in [-0.25, -0.2) is 4.98 Å². The van der Waals surface area contributed by atoms with E-state index in [2.05, 4.69) is 21.0 Å². The molecule has 1 N–H and O–H groups in total. The fourth-order valence-electron chi connectivity index (χ4n) is 3.94. The molecule has 7 heteroatoms. The standard InChI is InChI=1S/C23H25BrN4O2/c1-27(2)18-10-8-16(21(29)13-18)14-25-28-22(15-6-4-3-5-7-15)26-20-11-9-17(24)12-19(20)23(28)30/h8-15,29H,3-7H2,1-2H3. The van der Waals surface area contributed by atoms with Gasteiger partial charge in [-0.2, -0.15) is 9.78 Å². The van der Waals surface area contributed by atoms with Gasteiger partial charge < -0.3 is 10.0 Å². The maximum absolute atomic E-state index is 13.3. The molecule has 156 valence electrons. The van der Waals surface area contributed by atoms with Crippen molar-refractivity contribution in [3.63, 3.8) is 0 Å². The molecule has 0 unspecified atom stereocenters. The zero-order valence-corrected chi connectivity index (χ0v) is 18.8. The predicted octanol–water partition coefficient (Wildman–Crippen LogP) is 4.86. The Morgan fingerprint density at radius 2 is 1.93 bits per heavy atom. The van der Waals surface area contributed by atoms with Gasteiger partial charge in [0.1, 0.15) is 11.6 Å². The predicted molar refractivity (Wildman–Crippen MR) is 125 cm³/mol. The Labute approximate surface area is 184 Å². The lowest BCUT2D eigenvalue weighted by molar-refractivity contribution is 0.416. The van der Waals surface area contributed by atoms with Crippen molar-refractivity contribution in [2.75, 3.05) is 19.0 Å². The number of phenolic OH excluding ortho intramolecular Hbond substituents is 1. The SMILES string of the molecule is CN(C)c1ccc(C=Nn2c(C3CCCCC3)nc3ccc(Br)cc3c2=O)c(O)c1. The van der Waals surface area contributed by atoms with Crippen molar-refractivity contribution in [3.05, 3.63) is 62.6 Å². The van der Waals surface area contributed by atoms with Crippen molar-refractivity contribution < 1.29 is 5.11 Å². The highest BCUT2D eigenvalue weighted by Gasteiger charge is 2.22. The highest BCUT2D eigenvalue weighted by molar-refractivity contribution is 9.10. The topological polar surface area (TPSA) is 70.7 Å². The van der Waals surface area contributed by atoms with Gasteiger partial charge >= 0.3 is 0 Å². The number of aromatic nitrogens is 2. The van der Waals surface area contributed by atoms with Gasteiger partial charge in [0.05, 0.1) is 17.1 Å². The quantitative estimate of drug-likeness (QED) is 0.554. The molecule has 0 spiro atoms. The summed E-state index contributed by atoms with van der Waals surface area (Å²) in [7, 11) is 3.83. The third kappa shape index (κ3) is 4.12. The van der Waals surface area contributed by atoms with Crippen LogP contribution < -0.4 is 10.5 Å². The van der Waals surface area contributed by atoms with Crippen molar-refractivity contribution in [2.45, 2.75) is 38.0 Å². The third-order valence-corrected chi connectivity index (χ3v) is 6.14. The second kappa shape index (κ2) is 8.60. The van der Waals surface area contributed by atoms with Crippen LogP contribution in [0.15, 0.2) is 50.8 Å². The van der Waals surface area contributed by atoms with E-state index in [4.69, 9.17) is 4.98 Å². The molecule has 1 heterocycles. The van der Waals surface area contributed by atoms with Crippen LogP contribution in [0.25, 0.3) is 10.9 Å². The summed E-state index contributed by atoms with van der Waals surface area (Å²) in [6.07, 6.45) is 7.04. The maximum Gasteiger partial charge on any atom is 0.282 e. The molecule has 0 atom stereocenters. The van der Waals surface area contributed by atoms with Gasteiger partial charge in [0, 0.05) is 41.8 Å². The number of nitrogens with zero attached hydrogens (tertiary/aromatic N) is 4. The van der Waals surface area contributed by atoms with E-state index >= 15 is 0 Å². The van der Waals surface area contributed by atoms with Crippen LogP contribution in [0.1, 0.15) is 49.4 Å². The summed E-state index contributed by atoms with van der Waals surface area (Å²) in [5.41, 5.74) is 1.94. The van der Waals surface area contributed by atoms with Crippen LogP contribution in [-0.4, -0.2) is 35.1 Å². The van der Waals surface area contributed by atoms with E-state index in [0.717, 1.165) is 35.8 Å². The van der Waals surface area contributed by atoms with Crippen molar-refractivity contribution in [2.24, 2.45) is 5.10 Å². The fourth-order valence-corrected chi connectivity index (χ4v) is 4.30. The Bertz CT molecular complexity index is 1160.